The first kappa shape index (κ1) is 29.5. The van der Waals surface area contributed by atoms with Crippen LogP contribution in [0.5, 0.6) is 51.7 Å². The lowest BCUT2D eigenvalue weighted by Crippen LogP contribution is -2.09. The number of phenols is 9. The van der Waals surface area contributed by atoms with Crippen LogP contribution in [-0.2, 0) is 0 Å². The normalized spacial score (nSPS) is 11.7. The number of rotatable bonds is 3. The Morgan fingerprint density at radius 1 is 0.388 bits per heavy atom. The van der Waals surface area contributed by atoms with Crippen LogP contribution >= 0.6 is 0 Å². The molecular weight excluding hydrogens is 627 g/mol. The molecule has 10 nitrogen and oxygen atoms in total. The first-order chi connectivity index (χ1) is 23.5. The van der Waals surface area contributed by atoms with Crippen molar-refractivity contribution >= 4 is 56.8 Å². The predicted molar refractivity (Wildman–Crippen MR) is 185 cm³/mol. The summed E-state index contributed by atoms with van der Waals surface area (Å²) in [5.41, 5.74) is 2.34. The minimum Gasteiger partial charge on any atom is -0.505 e. The van der Waals surface area contributed by atoms with Crippen LogP contribution in [0.3, 0.4) is 0 Å². The zero-order valence-electron chi connectivity index (χ0n) is 25.1. The predicted octanol–water partition coefficient (Wildman–Crippen LogP) is 7.04. The summed E-state index contributed by atoms with van der Waals surface area (Å²) in [5, 5.41) is 97.6. The molecule has 0 aliphatic rings. The van der Waals surface area contributed by atoms with Gasteiger partial charge in [0.1, 0.15) is 19.0 Å². The summed E-state index contributed by atoms with van der Waals surface area (Å²) in [7, 11) is 6.27. The van der Waals surface area contributed by atoms with E-state index in [9.17, 15) is 46.0 Å². The van der Waals surface area contributed by atoms with Crippen molar-refractivity contribution < 1.29 is 50.4 Å². The van der Waals surface area contributed by atoms with Gasteiger partial charge in [0.05, 0.1) is 5.56 Å². The van der Waals surface area contributed by atoms with Gasteiger partial charge in [-0.05, 0) is 61.9 Å². The topological polar surface area (TPSA) is 195 Å². The van der Waals surface area contributed by atoms with E-state index >= 15 is 0 Å². The van der Waals surface area contributed by atoms with Crippen LogP contribution in [0.25, 0.3) is 76.9 Å². The molecule has 0 saturated carbocycles. The molecule has 11 heteroatoms. The molecule has 8 aromatic rings. The third-order valence-electron chi connectivity index (χ3n) is 9.04. The second-order valence-electron chi connectivity index (χ2n) is 11.6. The molecular formula is C38H23BO10. The molecule has 7 aromatic carbocycles. The second-order valence-corrected chi connectivity index (χ2v) is 11.6. The van der Waals surface area contributed by atoms with Crippen LogP contribution in [0, 0.1) is 0 Å². The molecule has 0 aliphatic carbocycles. The Balaban J connectivity index is 1.45. The van der Waals surface area contributed by atoms with Gasteiger partial charge in [-0.2, -0.15) is 0 Å². The molecule has 9 N–H and O–H groups in total. The van der Waals surface area contributed by atoms with E-state index in [2.05, 4.69) is 0 Å². The van der Waals surface area contributed by atoms with E-state index in [4.69, 9.17) is 12.3 Å². The average Bonchev–Trinajstić information content (AvgIpc) is 3.50. The molecule has 49 heavy (non-hydrogen) atoms. The fraction of sp³-hybridized carbons (Fsp3) is 0. The lowest BCUT2D eigenvalue weighted by molar-refractivity contribution is 0.330. The van der Waals surface area contributed by atoms with Crippen LogP contribution in [-0.4, -0.2) is 53.8 Å². The molecule has 0 bridgehead atoms. The van der Waals surface area contributed by atoms with Gasteiger partial charge in [0, 0.05) is 21.9 Å². The van der Waals surface area contributed by atoms with Crippen molar-refractivity contribution in [2.75, 3.05) is 0 Å². The third kappa shape index (κ3) is 3.96. The van der Waals surface area contributed by atoms with E-state index in [0.29, 0.717) is 32.9 Å². The van der Waals surface area contributed by atoms with Gasteiger partial charge < -0.3 is 50.4 Å². The monoisotopic (exact) mass is 650 g/mol. The number of furan rings is 1. The average molecular weight is 650 g/mol. The van der Waals surface area contributed by atoms with Crippen LogP contribution in [0.15, 0.2) is 89.3 Å². The van der Waals surface area contributed by atoms with Gasteiger partial charge in [0.25, 0.3) is 0 Å². The Kier molecular flexibility index (Phi) is 6.21. The lowest BCUT2D eigenvalue weighted by Gasteiger charge is -2.21. The second kappa shape index (κ2) is 10.3. The molecule has 0 amide bonds. The lowest BCUT2D eigenvalue weighted by atomic mass is 9.79. The summed E-state index contributed by atoms with van der Waals surface area (Å²) in [6.45, 7) is 0. The van der Waals surface area contributed by atoms with Crippen LogP contribution < -0.4 is 5.46 Å². The molecule has 8 rings (SSSR count). The van der Waals surface area contributed by atoms with Crippen LogP contribution in [0.2, 0.25) is 0 Å². The van der Waals surface area contributed by atoms with Crippen molar-refractivity contribution in [1.82, 2.24) is 0 Å². The van der Waals surface area contributed by atoms with Gasteiger partial charge >= 0.3 is 0 Å². The summed E-state index contributed by atoms with van der Waals surface area (Å²) in [4.78, 5) is 0. The van der Waals surface area contributed by atoms with Gasteiger partial charge in [-0.25, -0.2) is 0 Å². The Labute approximate surface area is 276 Å². The van der Waals surface area contributed by atoms with E-state index in [0.717, 1.165) is 27.3 Å². The van der Waals surface area contributed by atoms with E-state index in [1.54, 1.807) is 30.3 Å². The highest BCUT2D eigenvalue weighted by atomic mass is 16.4. The first-order valence-corrected chi connectivity index (χ1v) is 14.8. The van der Waals surface area contributed by atoms with Crippen molar-refractivity contribution in [3.8, 4) is 85.1 Å². The number of aromatic hydroxyl groups is 9. The van der Waals surface area contributed by atoms with Gasteiger partial charge in [0.15, 0.2) is 23.0 Å². The Bertz CT molecular complexity index is 2620. The smallest absolute Gasteiger partial charge is 0.208 e. The fourth-order valence-electron chi connectivity index (χ4n) is 6.81. The third-order valence-corrected chi connectivity index (χ3v) is 9.04. The Hall–Kier alpha value is -6.88. The standard InChI is InChI=1S/C38H23BO10/c39-29-28(32(42)36(46)37(47)33(29)43)27-18-8-3-1-6-16(18)25(17-7-2-4-9-19(17)27)21-10-5-11-22-26(21)20-13-12-15(14-23(20)49-22)24-30(40)34(44)38(48)35(45)31(24)41/h1-14,40-48H. The van der Waals surface area contributed by atoms with Crippen molar-refractivity contribution in [3.63, 3.8) is 0 Å². The molecule has 0 fully saturated rings. The highest BCUT2D eigenvalue weighted by molar-refractivity contribution is 6.41. The molecule has 1 aromatic heterocycles. The van der Waals surface area contributed by atoms with Gasteiger partial charge in [-0.1, -0.05) is 66.7 Å². The number of fused-ring (bicyclic) bond motifs is 5. The quantitative estimate of drug-likeness (QED) is 0.0414. The maximum atomic E-state index is 11.1. The van der Waals surface area contributed by atoms with E-state index in [1.165, 1.54) is 6.07 Å². The maximum Gasteiger partial charge on any atom is 0.208 e. The van der Waals surface area contributed by atoms with Gasteiger partial charge in [-0.15, -0.1) is 0 Å². The number of phenolic OH excluding ortho intramolecular Hbond substituents is 9. The molecule has 2 radical (unpaired) electrons. The zero-order valence-corrected chi connectivity index (χ0v) is 25.1. The minimum absolute atomic E-state index is 0.0518. The summed E-state index contributed by atoms with van der Waals surface area (Å²) in [6.07, 6.45) is 0. The summed E-state index contributed by atoms with van der Waals surface area (Å²) in [6, 6.07) is 25.1. The van der Waals surface area contributed by atoms with E-state index < -0.39 is 51.7 Å². The van der Waals surface area contributed by atoms with Gasteiger partial charge in [0.2, 0.25) is 28.7 Å². The molecule has 0 aliphatic heterocycles. The van der Waals surface area contributed by atoms with E-state index in [1.807, 2.05) is 48.5 Å². The maximum absolute atomic E-state index is 11.1. The van der Waals surface area contributed by atoms with Gasteiger partial charge in [-0.3, -0.25) is 0 Å². The number of benzene rings is 7. The Morgan fingerprint density at radius 3 is 1.45 bits per heavy atom. The zero-order chi connectivity index (χ0) is 34.5. The minimum atomic E-state index is -1.06. The molecule has 238 valence electrons. The first-order valence-electron chi connectivity index (χ1n) is 14.8. The molecule has 0 spiro atoms. The summed E-state index contributed by atoms with van der Waals surface area (Å²) >= 11 is 0. The Morgan fingerprint density at radius 2 is 0.878 bits per heavy atom. The SMILES string of the molecule is [B]c1c(O)c(O)c(O)c(O)c1-c1c2ccccc2c(-c2cccc3oc4cc(-c5c(O)c(O)c(O)c(O)c5O)ccc4c23)c2ccccc12. The molecule has 0 saturated heterocycles. The fourth-order valence-corrected chi connectivity index (χ4v) is 6.81. The highest BCUT2D eigenvalue weighted by Crippen LogP contribution is 2.56. The number of hydrogen-bond donors (Lipinski definition) is 9. The molecule has 0 atom stereocenters. The van der Waals surface area contributed by atoms with Crippen molar-refractivity contribution in [2.45, 2.75) is 0 Å². The van der Waals surface area contributed by atoms with Crippen molar-refractivity contribution in [2.24, 2.45) is 0 Å². The van der Waals surface area contributed by atoms with Crippen molar-refractivity contribution in [1.29, 1.82) is 0 Å². The molecule has 0 unspecified atom stereocenters. The highest BCUT2D eigenvalue weighted by Gasteiger charge is 2.28. The van der Waals surface area contributed by atoms with Crippen molar-refractivity contribution in [3.05, 3.63) is 84.9 Å². The number of hydrogen-bond acceptors (Lipinski definition) is 10. The van der Waals surface area contributed by atoms with Crippen LogP contribution in [0.4, 0.5) is 0 Å². The summed E-state index contributed by atoms with van der Waals surface area (Å²) in [5.74, 6) is -8.01. The summed E-state index contributed by atoms with van der Waals surface area (Å²) < 4.78 is 6.26. The molecule has 1 heterocycles. The largest absolute Gasteiger partial charge is 0.505 e. The van der Waals surface area contributed by atoms with Crippen LogP contribution in [0.1, 0.15) is 0 Å². The van der Waals surface area contributed by atoms with E-state index in [-0.39, 0.29) is 22.2 Å².